The highest BCUT2D eigenvalue weighted by molar-refractivity contribution is 8.13. The standard InChI is InChI=1S/C8H10ClN5O2S2/c1-5(2)4-14-7(6-3-10-13-17-6)11-12-8(14)18(9,15)16/h3,5H,4H2,1-2H3. The highest BCUT2D eigenvalue weighted by Crippen LogP contribution is 2.24. The van der Waals surface area contributed by atoms with Crippen molar-refractivity contribution in [1.29, 1.82) is 0 Å². The first-order valence-corrected chi connectivity index (χ1v) is 8.13. The fourth-order valence-corrected chi connectivity index (χ4v) is 2.86. The Hall–Kier alpha value is -1.06. The second-order valence-corrected chi connectivity index (χ2v) is 7.28. The number of hydrogen-bond donors (Lipinski definition) is 0. The smallest absolute Gasteiger partial charge is 0.296 e. The van der Waals surface area contributed by atoms with Crippen molar-refractivity contribution >= 4 is 31.3 Å². The van der Waals surface area contributed by atoms with Gasteiger partial charge in [-0.1, -0.05) is 18.3 Å². The van der Waals surface area contributed by atoms with Crippen LogP contribution in [0.3, 0.4) is 0 Å². The van der Waals surface area contributed by atoms with E-state index >= 15 is 0 Å². The van der Waals surface area contributed by atoms with E-state index in [4.69, 9.17) is 10.7 Å². The Morgan fingerprint density at radius 1 is 1.44 bits per heavy atom. The molecule has 0 radical (unpaired) electrons. The van der Waals surface area contributed by atoms with Gasteiger partial charge < -0.3 is 0 Å². The van der Waals surface area contributed by atoms with Gasteiger partial charge in [-0.2, -0.15) is 0 Å². The first kappa shape index (κ1) is 13.4. The summed E-state index contributed by atoms with van der Waals surface area (Å²) in [5.41, 5.74) is 0. The summed E-state index contributed by atoms with van der Waals surface area (Å²) < 4.78 is 28.1. The van der Waals surface area contributed by atoms with E-state index in [1.165, 1.54) is 10.8 Å². The van der Waals surface area contributed by atoms with Crippen LogP contribution in [-0.4, -0.2) is 32.8 Å². The summed E-state index contributed by atoms with van der Waals surface area (Å²) in [6.45, 7) is 4.36. The molecule has 0 bridgehead atoms. The van der Waals surface area contributed by atoms with Gasteiger partial charge >= 0.3 is 0 Å². The van der Waals surface area contributed by atoms with E-state index in [0.29, 0.717) is 17.2 Å². The molecule has 0 aromatic carbocycles. The molecule has 0 aliphatic heterocycles. The van der Waals surface area contributed by atoms with Crippen molar-refractivity contribution in [2.45, 2.75) is 25.5 Å². The molecule has 0 saturated heterocycles. The van der Waals surface area contributed by atoms with E-state index in [2.05, 4.69) is 19.8 Å². The third kappa shape index (κ3) is 2.68. The minimum Gasteiger partial charge on any atom is -0.296 e. The average Bonchev–Trinajstić information content (AvgIpc) is 2.81. The summed E-state index contributed by atoms with van der Waals surface area (Å²) in [4.78, 5) is 0.648. The first-order chi connectivity index (χ1) is 8.39. The van der Waals surface area contributed by atoms with Crippen molar-refractivity contribution in [2.75, 3.05) is 0 Å². The zero-order valence-corrected chi connectivity index (χ0v) is 12.0. The molecule has 2 heterocycles. The molecule has 0 aliphatic rings. The molecule has 0 N–H and O–H groups in total. The SMILES string of the molecule is CC(C)Cn1c(-c2cnns2)nnc1S(=O)(=O)Cl. The third-order valence-electron chi connectivity index (χ3n) is 2.06. The molecule has 0 aliphatic carbocycles. The quantitative estimate of drug-likeness (QED) is 0.793. The Labute approximate surface area is 112 Å². The predicted octanol–water partition coefficient (Wildman–Crippen LogP) is 1.38. The number of aromatic nitrogens is 5. The maximum Gasteiger partial charge on any atom is 0.296 e. The van der Waals surface area contributed by atoms with Crippen molar-refractivity contribution in [2.24, 2.45) is 5.92 Å². The lowest BCUT2D eigenvalue weighted by Crippen LogP contribution is -2.11. The highest BCUT2D eigenvalue weighted by Gasteiger charge is 2.24. The molecular formula is C8H10ClN5O2S2. The van der Waals surface area contributed by atoms with E-state index in [9.17, 15) is 8.42 Å². The molecule has 0 amide bonds. The Morgan fingerprint density at radius 3 is 2.67 bits per heavy atom. The molecule has 10 heteroatoms. The van der Waals surface area contributed by atoms with Crippen LogP contribution in [0.1, 0.15) is 13.8 Å². The molecule has 0 unspecified atom stereocenters. The van der Waals surface area contributed by atoms with Gasteiger partial charge in [0.25, 0.3) is 14.2 Å². The summed E-state index contributed by atoms with van der Waals surface area (Å²) in [6.07, 6.45) is 1.51. The molecular weight excluding hydrogens is 298 g/mol. The fraction of sp³-hybridized carbons (Fsp3) is 0.500. The summed E-state index contributed by atoms with van der Waals surface area (Å²) in [5, 5.41) is 10.9. The number of rotatable bonds is 4. The maximum absolute atomic E-state index is 11.4. The summed E-state index contributed by atoms with van der Waals surface area (Å²) in [7, 11) is 1.42. The third-order valence-corrected chi connectivity index (χ3v) is 3.88. The van der Waals surface area contributed by atoms with E-state index in [-0.39, 0.29) is 11.1 Å². The number of hydrogen-bond acceptors (Lipinski definition) is 7. The lowest BCUT2D eigenvalue weighted by Gasteiger charge is -2.09. The lowest BCUT2D eigenvalue weighted by molar-refractivity contribution is 0.489. The zero-order valence-electron chi connectivity index (χ0n) is 9.61. The second-order valence-electron chi connectivity index (χ2n) is 4.03. The van der Waals surface area contributed by atoms with Gasteiger partial charge in [0.05, 0.1) is 6.20 Å². The van der Waals surface area contributed by atoms with Crippen LogP contribution in [0.5, 0.6) is 0 Å². The van der Waals surface area contributed by atoms with E-state index < -0.39 is 9.05 Å². The maximum atomic E-state index is 11.4. The Kier molecular flexibility index (Phi) is 3.64. The van der Waals surface area contributed by atoms with Gasteiger partial charge in [-0.25, -0.2) is 8.42 Å². The average molecular weight is 308 g/mol. The minimum atomic E-state index is -3.92. The molecule has 98 valence electrons. The molecule has 2 rings (SSSR count). The van der Waals surface area contributed by atoms with Gasteiger partial charge in [-0.3, -0.25) is 4.57 Å². The van der Waals surface area contributed by atoms with Crippen molar-refractivity contribution in [3.8, 4) is 10.7 Å². The Balaban J connectivity index is 2.58. The minimum absolute atomic E-state index is 0.220. The van der Waals surface area contributed by atoms with Crippen LogP contribution < -0.4 is 0 Å². The van der Waals surface area contributed by atoms with E-state index in [0.717, 1.165) is 11.5 Å². The number of nitrogens with zero attached hydrogens (tertiary/aromatic N) is 5. The van der Waals surface area contributed by atoms with Crippen LogP contribution in [0.4, 0.5) is 0 Å². The molecule has 0 saturated carbocycles. The van der Waals surface area contributed by atoms with Crippen LogP contribution in [0, 0.1) is 5.92 Å². The molecule has 2 aromatic heterocycles. The lowest BCUT2D eigenvalue weighted by atomic mass is 10.2. The monoisotopic (exact) mass is 307 g/mol. The zero-order chi connectivity index (χ0) is 13.3. The molecule has 0 atom stereocenters. The van der Waals surface area contributed by atoms with Crippen LogP contribution >= 0.6 is 22.2 Å². The van der Waals surface area contributed by atoms with Crippen molar-refractivity contribution in [3.05, 3.63) is 6.20 Å². The largest absolute Gasteiger partial charge is 0.296 e. The van der Waals surface area contributed by atoms with Gasteiger partial charge in [0.1, 0.15) is 4.88 Å². The van der Waals surface area contributed by atoms with E-state index in [1.807, 2.05) is 13.8 Å². The number of halogens is 1. The van der Waals surface area contributed by atoms with Crippen molar-refractivity contribution < 1.29 is 8.42 Å². The Morgan fingerprint density at radius 2 is 2.17 bits per heavy atom. The molecule has 0 spiro atoms. The van der Waals surface area contributed by atoms with Gasteiger partial charge in [0.2, 0.25) is 0 Å². The van der Waals surface area contributed by atoms with Gasteiger partial charge in [0.15, 0.2) is 5.82 Å². The molecule has 18 heavy (non-hydrogen) atoms. The normalized spacial score (nSPS) is 12.2. The van der Waals surface area contributed by atoms with Crippen LogP contribution in [0.25, 0.3) is 10.7 Å². The summed E-state index contributed by atoms with van der Waals surface area (Å²) in [6, 6.07) is 0. The van der Waals surface area contributed by atoms with E-state index in [1.54, 1.807) is 0 Å². The summed E-state index contributed by atoms with van der Waals surface area (Å²) in [5.74, 6) is 0.635. The first-order valence-electron chi connectivity index (χ1n) is 5.05. The molecule has 0 fully saturated rings. The second kappa shape index (κ2) is 4.90. The van der Waals surface area contributed by atoms with Gasteiger partial charge in [-0.05, 0) is 17.5 Å². The van der Waals surface area contributed by atoms with Crippen molar-refractivity contribution in [3.63, 3.8) is 0 Å². The van der Waals surface area contributed by atoms with Gasteiger partial charge in [0, 0.05) is 17.2 Å². The van der Waals surface area contributed by atoms with Crippen molar-refractivity contribution in [1.82, 2.24) is 24.4 Å². The van der Waals surface area contributed by atoms with Crippen LogP contribution in [-0.2, 0) is 15.6 Å². The molecule has 2 aromatic rings. The topological polar surface area (TPSA) is 90.6 Å². The molecule has 7 nitrogen and oxygen atoms in total. The highest BCUT2D eigenvalue weighted by atomic mass is 35.7. The Bertz CT molecular complexity index is 635. The summed E-state index contributed by atoms with van der Waals surface area (Å²) >= 11 is 1.12. The van der Waals surface area contributed by atoms with Crippen LogP contribution in [0.15, 0.2) is 11.4 Å². The fourth-order valence-electron chi connectivity index (χ4n) is 1.45. The van der Waals surface area contributed by atoms with Gasteiger partial charge in [-0.15, -0.1) is 15.3 Å². The van der Waals surface area contributed by atoms with Crippen LogP contribution in [0.2, 0.25) is 0 Å². The predicted molar refractivity (Wildman–Crippen MR) is 66.8 cm³/mol.